The first-order valence-electron chi connectivity index (χ1n) is 4.08. The fourth-order valence-corrected chi connectivity index (χ4v) is 1.10. The summed E-state index contributed by atoms with van der Waals surface area (Å²) in [6.07, 6.45) is 0. The van der Waals surface area contributed by atoms with Crippen molar-refractivity contribution in [3.63, 3.8) is 0 Å². The molecule has 13 heavy (non-hydrogen) atoms. The van der Waals surface area contributed by atoms with Gasteiger partial charge in [-0.15, -0.1) is 0 Å². The third kappa shape index (κ3) is 1.72. The first kappa shape index (κ1) is 9.79. The molecule has 1 aromatic rings. The summed E-state index contributed by atoms with van der Waals surface area (Å²) in [6.45, 7) is 3.42. The minimum atomic E-state index is -0.474. The molecule has 3 N–H and O–H groups in total. The quantitative estimate of drug-likeness (QED) is 0.570. The average molecular weight is 187 g/mol. The van der Waals surface area contributed by atoms with Crippen LogP contribution in [-0.4, -0.2) is 26.5 Å². The van der Waals surface area contributed by atoms with Crippen molar-refractivity contribution in [1.29, 1.82) is 0 Å². The summed E-state index contributed by atoms with van der Waals surface area (Å²) in [6, 6.07) is -0.313. The Morgan fingerprint density at radius 2 is 1.77 bits per heavy atom. The Hall–Kier alpha value is -1.30. The van der Waals surface area contributed by atoms with Crippen LogP contribution in [0.4, 0.5) is 0 Å². The summed E-state index contributed by atoms with van der Waals surface area (Å²) < 4.78 is 1.06. The molecule has 0 fully saturated rings. The highest BCUT2D eigenvalue weighted by atomic mass is 16.3. The number of aromatic nitrogens is 3. The molecule has 1 heterocycles. The van der Waals surface area contributed by atoms with Crippen molar-refractivity contribution in [2.75, 3.05) is 6.61 Å². The molecule has 0 aromatic carbocycles. The molecule has 0 radical (unpaired) electrons. The van der Waals surface area contributed by atoms with E-state index in [1.54, 1.807) is 13.8 Å². The lowest BCUT2D eigenvalue weighted by Gasteiger charge is -2.16. The van der Waals surface area contributed by atoms with Crippen LogP contribution >= 0.6 is 0 Å². The predicted octanol–water partition coefficient (Wildman–Crippen LogP) is -0.946. The van der Waals surface area contributed by atoms with Gasteiger partial charge in [-0.2, -0.15) is 0 Å². The van der Waals surface area contributed by atoms with Gasteiger partial charge >= 0.3 is 11.4 Å². The second-order valence-corrected chi connectivity index (χ2v) is 3.13. The van der Waals surface area contributed by atoms with Gasteiger partial charge in [-0.3, -0.25) is 0 Å². The summed E-state index contributed by atoms with van der Waals surface area (Å²) in [5, 5.41) is 13.2. The van der Waals surface area contributed by atoms with Gasteiger partial charge in [0.25, 0.3) is 0 Å². The Morgan fingerprint density at radius 3 is 2.15 bits per heavy atom. The zero-order valence-electron chi connectivity index (χ0n) is 7.57. The standard InChI is InChI=1S/C7H13N3O3/c1-4(3-11)5(2)10-6(12)8-9-7(10)13/h4-5,11H,3H2,1-2H3,(H,8,12)(H,9,13). The first-order chi connectivity index (χ1) is 6.07. The van der Waals surface area contributed by atoms with E-state index in [0.29, 0.717) is 0 Å². The van der Waals surface area contributed by atoms with Crippen molar-refractivity contribution in [2.45, 2.75) is 19.9 Å². The van der Waals surface area contributed by atoms with E-state index in [2.05, 4.69) is 10.2 Å². The van der Waals surface area contributed by atoms with Crippen LogP contribution in [0.3, 0.4) is 0 Å². The molecule has 6 heteroatoms. The number of rotatable bonds is 3. The zero-order chi connectivity index (χ0) is 10.0. The van der Waals surface area contributed by atoms with Gasteiger partial charge in [-0.1, -0.05) is 6.92 Å². The highest BCUT2D eigenvalue weighted by Crippen LogP contribution is 2.11. The monoisotopic (exact) mass is 187 g/mol. The van der Waals surface area contributed by atoms with Gasteiger partial charge in [0.05, 0.1) is 0 Å². The second kappa shape index (κ2) is 3.61. The van der Waals surface area contributed by atoms with Gasteiger partial charge in [0, 0.05) is 18.6 Å². The van der Waals surface area contributed by atoms with Crippen LogP contribution in [0, 0.1) is 5.92 Å². The lowest BCUT2D eigenvalue weighted by Crippen LogP contribution is -2.33. The normalized spacial score (nSPS) is 15.6. The minimum Gasteiger partial charge on any atom is -0.396 e. The molecule has 74 valence electrons. The number of aliphatic hydroxyl groups excluding tert-OH is 1. The molecule has 0 aliphatic carbocycles. The van der Waals surface area contributed by atoms with E-state index in [9.17, 15) is 9.59 Å². The van der Waals surface area contributed by atoms with Gasteiger partial charge in [0.2, 0.25) is 0 Å². The number of H-pyrrole nitrogens is 2. The lowest BCUT2D eigenvalue weighted by molar-refractivity contribution is 0.194. The van der Waals surface area contributed by atoms with Crippen molar-refractivity contribution in [3.8, 4) is 0 Å². The van der Waals surface area contributed by atoms with Crippen molar-refractivity contribution in [1.82, 2.24) is 14.8 Å². The third-order valence-electron chi connectivity index (χ3n) is 2.23. The van der Waals surface area contributed by atoms with Crippen LogP contribution in [0.15, 0.2) is 9.59 Å². The summed E-state index contributed by atoms with van der Waals surface area (Å²) in [5.41, 5.74) is -0.949. The zero-order valence-corrected chi connectivity index (χ0v) is 7.57. The van der Waals surface area contributed by atoms with Crippen LogP contribution in [0.5, 0.6) is 0 Å². The topological polar surface area (TPSA) is 90.9 Å². The van der Waals surface area contributed by atoms with Crippen LogP contribution in [0.25, 0.3) is 0 Å². The number of hydrogen-bond donors (Lipinski definition) is 3. The van der Waals surface area contributed by atoms with E-state index < -0.39 is 11.4 Å². The van der Waals surface area contributed by atoms with E-state index in [0.717, 1.165) is 4.57 Å². The van der Waals surface area contributed by atoms with Gasteiger partial charge in [0.15, 0.2) is 0 Å². The molecule has 0 saturated carbocycles. The summed E-state index contributed by atoms with van der Waals surface area (Å²) >= 11 is 0. The molecule has 1 rings (SSSR count). The molecule has 0 amide bonds. The van der Waals surface area contributed by atoms with E-state index in [4.69, 9.17) is 5.11 Å². The van der Waals surface area contributed by atoms with Crippen molar-refractivity contribution in [2.24, 2.45) is 5.92 Å². The molecule has 0 spiro atoms. The lowest BCUT2D eigenvalue weighted by atomic mass is 10.1. The Morgan fingerprint density at radius 1 is 1.31 bits per heavy atom. The largest absolute Gasteiger partial charge is 0.396 e. The van der Waals surface area contributed by atoms with Crippen molar-refractivity contribution in [3.05, 3.63) is 21.0 Å². The number of aromatic amines is 2. The number of nitrogens with one attached hydrogen (secondary N) is 2. The number of hydrogen-bond acceptors (Lipinski definition) is 3. The molecule has 0 aliphatic rings. The molecule has 0 bridgehead atoms. The van der Waals surface area contributed by atoms with E-state index >= 15 is 0 Å². The molecule has 0 aliphatic heterocycles. The fourth-order valence-electron chi connectivity index (χ4n) is 1.10. The van der Waals surface area contributed by atoms with Gasteiger partial charge < -0.3 is 5.11 Å². The van der Waals surface area contributed by atoms with Crippen LogP contribution in [-0.2, 0) is 0 Å². The smallest absolute Gasteiger partial charge is 0.344 e. The Bertz CT molecular complexity index is 347. The summed E-state index contributed by atoms with van der Waals surface area (Å²) in [5.74, 6) is -0.130. The maximum absolute atomic E-state index is 11.1. The van der Waals surface area contributed by atoms with Crippen LogP contribution in [0.1, 0.15) is 19.9 Å². The predicted molar refractivity (Wildman–Crippen MR) is 46.6 cm³/mol. The highest BCUT2D eigenvalue weighted by molar-refractivity contribution is 4.75. The number of aliphatic hydroxyl groups is 1. The van der Waals surface area contributed by atoms with Gasteiger partial charge in [-0.25, -0.2) is 24.4 Å². The summed E-state index contributed by atoms with van der Waals surface area (Å²) in [7, 11) is 0. The molecule has 2 unspecified atom stereocenters. The SMILES string of the molecule is CC(CO)C(C)n1c(=O)[nH][nH]c1=O. The van der Waals surface area contributed by atoms with Crippen molar-refractivity contribution >= 4 is 0 Å². The maximum Gasteiger partial charge on any atom is 0.344 e. The van der Waals surface area contributed by atoms with Crippen LogP contribution in [0.2, 0.25) is 0 Å². The van der Waals surface area contributed by atoms with Crippen LogP contribution < -0.4 is 11.4 Å². The fraction of sp³-hybridized carbons (Fsp3) is 0.714. The third-order valence-corrected chi connectivity index (χ3v) is 2.23. The molecular formula is C7H13N3O3. The van der Waals surface area contributed by atoms with Crippen molar-refractivity contribution < 1.29 is 5.11 Å². The first-order valence-corrected chi connectivity index (χ1v) is 4.08. The molecule has 2 atom stereocenters. The minimum absolute atomic E-state index is 0.0573. The number of nitrogens with zero attached hydrogens (tertiary/aromatic N) is 1. The second-order valence-electron chi connectivity index (χ2n) is 3.13. The van der Waals surface area contributed by atoms with Gasteiger partial charge in [0.1, 0.15) is 0 Å². The average Bonchev–Trinajstić information content (AvgIpc) is 2.44. The maximum atomic E-state index is 11.1. The van der Waals surface area contributed by atoms with Gasteiger partial charge in [-0.05, 0) is 6.92 Å². The molecule has 6 nitrogen and oxygen atoms in total. The molecular weight excluding hydrogens is 174 g/mol. The highest BCUT2D eigenvalue weighted by Gasteiger charge is 2.17. The Balaban J connectivity index is 3.08. The van der Waals surface area contributed by atoms with E-state index in [1.807, 2.05) is 0 Å². The molecule has 1 aromatic heterocycles. The molecule has 0 saturated heterocycles. The Labute approximate surface area is 74.2 Å². The Kier molecular flexibility index (Phi) is 2.72. The summed E-state index contributed by atoms with van der Waals surface area (Å²) in [4.78, 5) is 22.2. The van der Waals surface area contributed by atoms with E-state index in [-0.39, 0.29) is 18.6 Å². The van der Waals surface area contributed by atoms with E-state index in [1.165, 1.54) is 0 Å².